The van der Waals surface area contributed by atoms with Gasteiger partial charge in [0, 0.05) is 36.5 Å². The van der Waals surface area contributed by atoms with Gasteiger partial charge in [0.1, 0.15) is 12.0 Å². The number of carboxylic acids is 1. The van der Waals surface area contributed by atoms with Gasteiger partial charge in [0.2, 0.25) is 5.91 Å². The second-order valence-electron chi connectivity index (χ2n) is 6.71. The molecule has 2 aliphatic heterocycles. The van der Waals surface area contributed by atoms with Crippen LogP contribution in [0.1, 0.15) is 17.1 Å². The van der Waals surface area contributed by atoms with Crippen LogP contribution in [0.5, 0.6) is 0 Å². The largest absolute Gasteiger partial charge is 1.00 e. The van der Waals surface area contributed by atoms with Crippen LogP contribution in [0.2, 0.25) is 0 Å². The van der Waals surface area contributed by atoms with Crippen molar-refractivity contribution in [2.75, 3.05) is 25.7 Å². The summed E-state index contributed by atoms with van der Waals surface area (Å²) >= 11 is 2.58. The smallest absolute Gasteiger partial charge is 0.543 e. The first kappa shape index (κ1) is 29.6. The molecule has 1 saturated heterocycles. The van der Waals surface area contributed by atoms with Crippen LogP contribution in [0.3, 0.4) is 0 Å². The van der Waals surface area contributed by atoms with Crippen LogP contribution in [0.4, 0.5) is 0 Å². The van der Waals surface area contributed by atoms with Crippen LogP contribution in [-0.4, -0.2) is 74.3 Å². The summed E-state index contributed by atoms with van der Waals surface area (Å²) in [7, 11) is -2.05. The molecule has 2 N–H and O–H groups in total. The number of nitrogens with two attached hydrogens (primary N) is 1. The van der Waals surface area contributed by atoms with Crippen molar-refractivity contribution in [3.63, 3.8) is 0 Å². The number of rotatable bonds is 7. The number of carbonyl (C=O) groups excluding carboxylic acids is 4. The Hall–Kier alpha value is -1.42. The van der Waals surface area contributed by atoms with E-state index >= 15 is 0 Å². The van der Waals surface area contributed by atoms with Gasteiger partial charge >= 0.3 is 35.5 Å². The number of thioether (sulfide) groups is 1. The molecule has 1 aromatic heterocycles. The molecule has 1 fully saturated rings. The zero-order valence-corrected chi connectivity index (χ0v) is 22.8. The molecular formula is C18H21N2NaO9S3. The van der Waals surface area contributed by atoms with Crippen LogP contribution < -0.4 is 40.4 Å². The Bertz CT molecular complexity index is 1040. The Balaban J connectivity index is 0.000000343. The summed E-state index contributed by atoms with van der Waals surface area (Å²) < 4.78 is 32.1. The predicted molar refractivity (Wildman–Crippen MR) is 114 cm³/mol. The van der Waals surface area contributed by atoms with Crippen LogP contribution in [0, 0.1) is 0 Å². The maximum absolute atomic E-state index is 11.8. The predicted octanol–water partition coefficient (Wildman–Crippen LogP) is -4.19. The number of carboxylic acid groups (broad SMARTS) is 1. The molecule has 2 aliphatic rings. The van der Waals surface area contributed by atoms with E-state index in [2.05, 4.69) is 0 Å². The summed E-state index contributed by atoms with van der Waals surface area (Å²) in [5.41, 5.74) is 5.16. The minimum atomic E-state index is -3.45. The number of primary amides is 1. The molecule has 0 saturated carbocycles. The Morgan fingerprint density at radius 1 is 1.36 bits per heavy atom. The molecule has 176 valence electrons. The molecular weight excluding hydrogens is 507 g/mol. The standard InChI is InChI=1S/C11H13NO6S.C7H9NO3S2.Na/c1-5(13)18-3-6-4-19-10-8(17-2)9(14)12(10)7(6)11(15)16;1-13(10,11)6(7(8)9)5-3-2-4-12-5;/h8,10H,3-4H2,1-2H3,(H,15,16);2-4,6H,1H3,(H2,8,9);/q;;+1/p-1/t8-,10+;;/m1../s1. The third kappa shape index (κ3) is 7.04. The van der Waals surface area contributed by atoms with Crippen molar-refractivity contribution >= 4 is 56.7 Å². The maximum atomic E-state index is 11.8. The molecule has 3 atom stereocenters. The Labute approximate surface area is 220 Å². The third-order valence-corrected chi connectivity index (χ3v) is 8.13. The van der Waals surface area contributed by atoms with Crippen LogP contribution in [-0.2, 0) is 38.5 Å². The van der Waals surface area contributed by atoms with Crippen molar-refractivity contribution in [1.82, 2.24) is 4.90 Å². The number of ether oxygens (including phenoxy) is 2. The molecule has 2 amide bonds. The van der Waals surface area contributed by atoms with Gasteiger partial charge in [0.15, 0.2) is 21.2 Å². The topological polar surface area (TPSA) is 173 Å². The number of methoxy groups -OCH3 is 1. The molecule has 3 heterocycles. The number of aliphatic carboxylic acids is 1. The number of sulfone groups is 1. The van der Waals surface area contributed by atoms with Gasteiger partial charge in [-0.25, -0.2) is 8.42 Å². The third-order valence-electron chi connectivity index (χ3n) is 4.38. The van der Waals surface area contributed by atoms with Crippen molar-refractivity contribution in [3.8, 4) is 0 Å². The molecule has 1 unspecified atom stereocenters. The number of hydrogen-bond donors (Lipinski definition) is 1. The van der Waals surface area contributed by atoms with E-state index in [-0.39, 0.29) is 47.2 Å². The summed E-state index contributed by atoms with van der Waals surface area (Å²) in [6.07, 6.45) is 0.372. The van der Waals surface area contributed by atoms with Gasteiger partial charge in [-0.05, 0) is 11.4 Å². The Morgan fingerprint density at radius 2 is 2.00 bits per heavy atom. The van der Waals surface area contributed by atoms with E-state index in [9.17, 15) is 32.7 Å². The van der Waals surface area contributed by atoms with Crippen LogP contribution in [0.15, 0.2) is 28.8 Å². The molecule has 0 aliphatic carbocycles. The Kier molecular flexibility index (Phi) is 11.1. The quantitative estimate of drug-likeness (QED) is 0.208. The van der Waals surface area contributed by atoms with Crippen LogP contribution >= 0.6 is 23.1 Å². The zero-order valence-electron chi connectivity index (χ0n) is 18.3. The number of β-lactam (4-membered cyclic amide) rings is 1. The number of esters is 1. The summed E-state index contributed by atoms with van der Waals surface area (Å²) in [6, 6.07) is 3.27. The van der Waals surface area contributed by atoms with Gasteiger partial charge in [0.25, 0.3) is 5.91 Å². The van der Waals surface area contributed by atoms with Gasteiger partial charge in [0.05, 0.1) is 11.7 Å². The number of hydrogen-bond acceptors (Lipinski definition) is 11. The van der Waals surface area contributed by atoms with Gasteiger partial charge in [-0.2, -0.15) is 0 Å². The monoisotopic (exact) mass is 528 g/mol. The fourth-order valence-corrected chi connectivity index (χ4v) is 6.70. The van der Waals surface area contributed by atoms with E-state index in [0.29, 0.717) is 16.2 Å². The Morgan fingerprint density at radius 3 is 2.42 bits per heavy atom. The van der Waals surface area contributed by atoms with E-state index < -0.39 is 44.9 Å². The molecule has 1 aromatic rings. The fraction of sp³-hybridized carbons (Fsp3) is 0.444. The minimum absolute atomic E-state index is 0. The molecule has 0 aromatic carbocycles. The second kappa shape index (κ2) is 12.3. The molecule has 33 heavy (non-hydrogen) atoms. The zero-order chi connectivity index (χ0) is 24.2. The first-order chi connectivity index (χ1) is 14.9. The van der Waals surface area contributed by atoms with Gasteiger partial charge in [-0.3, -0.25) is 19.3 Å². The molecule has 0 radical (unpaired) electrons. The average molecular weight is 529 g/mol. The van der Waals surface area contributed by atoms with E-state index in [4.69, 9.17) is 15.2 Å². The number of fused-ring (bicyclic) bond motifs is 1. The fourth-order valence-electron chi connectivity index (χ4n) is 3.02. The molecule has 0 bridgehead atoms. The number of carbonyl (C=O) groups is 4. The maximum Gasteiger partial charge on any atom is 1.00 e. The van der Waals surface area contributed by atoms with E-state index in [1.165, 1.54) is 37.1 Å². The van der Waals surface area contributed by atoms with Crippen molar-refractivity contribution in [2.24, 2.45) is 5.73 Å². The first-order valence-electron chi connectivity index (χ1n) is 8.95. The average Bonchev–Trinajstić information content (AvgIpc) is 3.18. The van der Waals surface area contributed by atoms with Gasteiger partial charge < -0.3 is 25.1 Å². The number of amides is 2. The molecule has 15 heteroatoms. The van der Waals surface area contributed by atoms with Crippen molar-refractivity contribution < 1.29 is 71.7 Å². The summed E-state index contributed by atoms with van der Waals surface area (Å²) in [5, 5.41) is 11.3. The molecule has 11 nitrogen and oxygen atoms in total. The van der Waals surface area contributed by atoms with E-state index in [1.807, 2.05) is 0 Å². The SMILES string of the molecule is CO[C@@H]1C(=O)N2C(C(=O)[O-])=C(COC(C)=O)CS[C@@H]12.CS(=O)(=O)C(C(N)=O)c1cccs1.[Na+]. The molecule has 3 rings (SSSR count). The summed E-state index contributed by atoms with van der Waals surface area (Å²) in [5.74, 6) is -2.85. The normalized spacial score (nSPS) is 20.3. The summed E-state index contributed by atoms with van der Waals surface area (Å²) in [4.78, 5) is 46.2. The van der Waals surface area contributed by atoms with Gasteiger partial charge in [-0.1, -0.05) is 6.07 Å². The van der Waals surface area contributed by atoms with Crippen LogP contribution in [0.25, 0.3) is 0 Å². The second-order valence-corrected chi connectivity index (χ2v) is 10.9. The van der Waals surface area contributed by atoms with E-state index in [1.54, 1.807) is 17.5 Å². The number of thiophene rings is 1. The van der Waals surface area contributed by atoms with Crippen molar-refractivity contribution in [2.45, 2.75) is 23.7 Å². The number of nitrogens with zero attached hydrogens (tertiary/aromatic N) is 1. The van der Waals surface area contributed by atoms with Crippen molar-refractivity contribution in [3.05, 3.63) is 33.7 Å². The van der Waals surface area contributed by atoms with E-state index in [0.717, 1.165) is 11.2 Å². The van der Waals surface area contributed by atoms with Crippen molar-refractivity contribution in [1.29, 1.82) is 0 Å². The first-order valence-corrected chi connectivity index (χ1v) is 12.8. The summed E-state index contributed by atoms with van der Waals surface area (Å²) in [6.45, 7) is 1.08. The molecule has 0 spiro atoms. The van der Waals surface area contributed by atoms with Gasteiger partial charge in [-0.15, -0.1) is 23.1 Å². The minimum Gasteiger partial charge on any atom is -0.543 e.